The van der Waals surface area contributed by atoms with Crippen LogP contribution in [0.1, 0.15) is 155 Å². The van der Waals surface area contributed by atoms with E-state index in [0.29, 0.717) is 6.42 Å². The third-order valence-electron chi connectivity index (χ3n) is 8.65. The number of carbonyl (C=O) groups excluding carboxylic acids is 2. The van der Waals surface area contributed by atoms with Crippen LogP contribution in [0.25, 0.3) is 0 Å². The number of unbranched alkanes of at least 4 members (excludes halogenated alkanes) is 17. The van der Waals surface area contributed by atoms with E-state index in [1.807, 2.05) is 0 Å². The molecule has 0 aromatic heterocycles. The first-order valence-corrected chi connectivity index (χ1v) is 18.8. The van der Waals surface area contributed by atoms with Crippen molar-refractivity contribution in [2.45, 2.75) is 192 Å². The maximum atomic E-state index is 12.6. The molecule has 1 fully saturated rings. The molecule has 1 saturated heterocycles. The Labute approximate surface area is 284 Å². The molecule has 276 valence electrons. The second-order valence-corrected chi connectivity index (χ2v) is 13.0. The summed E-state index contributed by atoms with van der Waals surface area (Å²) < 4.78 is 22.0. The zero-order chi connectivity index (χ0) is 34.5. The second-order valence-electron chi connectivity index (χ2n) is 13.0. The summed E-state index contributed by atoms with van der Waals surface area (Å²) in [6.45, 7) is 3.35. The van der Waals surface area contributed by atoms with Crippen molar-refractivity contribution in [2.75, 3.05) is 19.8 Å². The highest BCUT2D eigenvalue weighted by atomic mass is 16.7. The summed E-state index contributed by atoms with van der Waals surface area (Å²) >= 11 is 0. The van der Waals surface area contributed by atoms with Gasteiger partial charge in [-0.25, -0.2) is 0 Å². The van der Waals surface area contributed by atoms with Crippen molar-refractivity contribution in [2.24, 2.45) is 0 Å². The van der Waals surface area contributed by atoms with Crippen LogP contribution in [0.2, 0.25) is 0 Å². The molecule has 10 heteroatoms. The summed E-state index contributed by atoms with van der Waals surface area (Å²) in [5, 5.41) is 39.8. The molecule has 1 aliphatic heterocycles. The van der Waals surface area contributed by atoms with E-state index in [4.69, 9.17) is 18.9 Å². The number of esters is 2. The average Bonchev–Trinajstić information content (AvgIpc) is 3.06. The van der Waals surface area contributed by atoms with Crippen LogP contribution in [0.4, 0.5) is 0 Å². The normalized spacial score (nSPS) is 22.0. The fourth-order valence-electron chi connectivity index (χ4n) is 5.59. The van der Waals surface area contributed by atoms with Gasteiger partial charge in [-0.15, -0.1) is 0 Å². The molecule has 1 heterocycles. The van der Waals surface area contributed by atoms with Gasteiger partial charge in [0.1, 0.15) is 31.0 Å². The molecule has 0 amide bonds. The van der Waals surface area contributed by atoms with E-state index in [-0.39, 0.29) is 32.0 Å². The van der Waals surface area contributed by atoms with Crippen LogP contribution < -0.4 is 0 Å². The van der Waals surface area contributed by atoms with E-state index in [0.717, 1.165) is 57.8 Å². The standard InChI is InChI=1S/C37H68O10/c1-3-5-7-9-11-13-15-16-18-20-22-24-26-33(40)46-30(29-45-37-36(43)35(42)34(41)31(27-38)47-37)28-44-32(39)25-23-21-19-17-14-12-10-8-6-4-2/h11,13,30-31,34-38,41-43H,3-10,12,14-29H2,1-2H3/b13-11+/t30-,31-,34+,35?,36?,37-/m1/s1. The van der Waals surface area contributed by atoms with Gasteiger partial charge in [0.15, 0.2) is 12.4 Å². The molecule has 1 aliphatic rings. The van der Waals surface area contributed by atoms with Crippen molar-refractivity contribution in [1.82, 2.24) is 0 Å². The first-order valence-electron chi connectivity index (χ1n) is 18.8. The summed E-state index contributed by atoms with van der Waals surface area (Å²) in [4.78, 5) is 25.1. The first kappa shape index (κ1) is 43.5. The fraction of sp³-hybridized carbons (Fsp3) is 0.892. The summed E-state index contributed by atoms with van der Waals surface area (Å²) in [6, 6.07) is 0. The molecule has 0 bridgehead atoms. The summed E-state index contributed by atoms with van der Waals surface area (Å²) in [6.07, 6.45) is 19.4. The van der Waals surface area contributed by atoms with Crippen molar-refractivity contribution in [3.05, 3.63) is 12.2 Å². The monoisotopic (exact) mass is 672 g/mol. The van der Waals surface area contributed by atoms with Crippen LogP contribution in [0.5, 0.6) is 0 Å². The molecule has 0 aliphatic carbocycles. The number of aliphatic hydroxyl groups is 4. The molecule has 4 N–H and O–H groups in total. The van der Waals surface area contributed by atoms with Crippen LogP contribution >= 0.6 is 0 Å². The predicted molar refractivity (Wildman–Crippen MR) is 183 cm³/mol. The van der Waals surface area contributed by atoms with E-state index in [1.54, 1.807) is 0 Å². The van der Waals surface area contributed by atoms with Gasteiger partial charge in [-0.3, -0.25) is 9.59 Å². The van der Waals surface area contributed by atoms with Crippen molar-refractivity contribution in [3.8, 4) is 0 Å². The van der Waals surface area contributed by atoms with Gasteiger partial charge < -0.3 is 39.4 Å². The lowest BCUT2D eigenvalue weighted by atomic mass is 9.99. The predicted octanol–water partition coefficient (Wildman–Crippen LogP) is 6.44. The Morgan fingerprint density at radius 1 is 0.638 bits per heavy atom. The van der Waals surface area contributed by atoms with E-state index in [2.05, 4.69) is 26.0 Å². The quantitative estimate of drug-likeness (QED) is 0.0381. The number of aliphatic hydroxyl groups excluding tert-OH is 4. The Kier molecular flexibility index (Phi) is 27.2. The van der Waals surface area contributed by atoms with Gasteiger partial charge in [0.2, 0.25) is 0 Å². The summed E-state index contributed by atoms with van der Waals surface area (Å²) in [5.41, 5.74) is 0. The van der Waals surface area contributed by atoms with Crippen molar-refractivity contribution >= 4 is 11.9 Å². The van der Waals surface area contributed by atoms with Crippen LogP contribution in [-0.2, 0) is 28.5 Å². The Morgan fingerprint density at radius 3 is 1.70 bits per heavy atom. The topological polar surface area (TPSA) is 152 Å². The number of hydrogen-bond acceptors (Lipinski definition) is 10. The van der Waals surface area contributed by atoms with Gasteiger partial charge >= 0.3 is 11.9 Å². The van der Waals surface area contributed by atoms with Gasteiger partial charge in [-0.05, 0) is 38.5 Å². The van der Waals surface area contributed by atoms with E-state index >= 15 is 0 Å². The lowest BCUT2D eigenvalue weighted by Gasteiger charge is -2.39. The van der Waals surface area contributed by atoms with E-state index in [9.17, 15) is 30.0 Å². The Bertz CT molecular complexity index is 789. The van der Waals surface area contributed by atoms with Gasteiger partial charge in [0.05, 0.1) is 13.2 Å². The minimum absolute atomic E-state index is 0.217. The maximum absolute atomic E-state index is 12.6. The number of carbonyl (C=O) groups is 2. The minimum atomic E-state index is -1.59. The van der Waals surface area contributed by atoms with Crippen molar-refractivity contribution < 1.29 is 49.0 Å². The number of allylic oxidation sites excluding steroid dienone is 2. The third kappa shape index (κ3) is 21.9. The van der Waals surface area contributed by atoms with Crippen molar-refractivity contribution in [3.63, 3.8) is 0 Å². The summed E-state index contributed by atoms with van der Waals surface area (Å²) in [5.74, 6) is -0.817. The van der Waals surface area contributed by atoms with Crippen LogP contribution in [-0.4, -0.2) is 89.0 Å². The number of hydrogen-bond donors (Lipinski definition) is 4. The molecular weight excluding hydrogens is 604 g/mol. The van der Waals surface area contributed by atoms with Gasteiger partial charge in [0.25, 0.3) is 0 Å². The molecule has 47 heavy (non-hydrogen) atoms. The Balaban J connectivity index is 2.42. The summed E-state index contributed by atoms with van der Waals surface area (Å²) in [7, 11) is 0. The highest BCUT2D eigenvalue weighted by molar-refractivity contribution is 5.70. The van der Waals surface area contributed by atoms with E-state index in [1.165, 1.54) is 64.2 Å². The van der Waals surface area contributed by atoms with Crippen LogP contribution in [0.15, 0.2) is 12.2 Å². The molecule has 0 saturated carbocycles. The number of ether oxygens (including phenoxy) is 4. The lowest BCUT2D eigenvalue weighted by molar-refractivity contribution is -0.305. The molecule has 0 aromatic carbocycles. The Morgan fingerprint density at radius 2 is 1.13 bits per heavy atom. The first-order chi connectivity index (χ1) is 22.8. The fourth-order valence-corrected chi connectivity index (χ4v) is 5.59. The van der Waals surface area contributed by atoms with Crippen LogP contribution in [0.3, 0.4) is 0 Å². The largest absolute Gasteiger partial charge is 0.462 e. The third-order valence-corrected chi connectivity index (χ3v) is 8.65. The van der Waals surface area contributed by atoms with Crippen LogP contribution in [0, 0.1) is 0 Å². The molecule has 0 radical (unpaired) electrons. The lowest BCUT2D eigenvalue weighted by Crippen LogP contribution is -2.59. The molecule has 0 aromatic rings. The highest BCUT2D eigenvalue weighted by Gasteiger charge is 2.44. The zero-order valence-electron chi connectivity index (χ0n) is 29.5. The molecular formula is C37H68O10. The number of rotatable bonds is 30. The second kappa shape index (κ2) is 29.4. The smallest absolute Gasteiger partial charge is 0.306 e. The van der Waals surface area contributed by atoms with Gasteiger partial charge in [-0.1, -0.05) is 116 Å². The maximum Gasteiger partial charge on any atom is 0.306 e. The molecule has 2 unspecified atom stereocenters. The average molecular weight is 673 g/mol. The Hall–Kier alpha value is -1.56. The molecule has 10 nitrogen and oxygen atoms in total. The SMILES string of the molecule is CCCCC/C=C/CCCCCCCC(=O)O[C@H](COC(=O)CCCCCCCCCCCC)CO[C@@H]1O[C@H](CO)[C@H](O)C(O)C1O. The molecule has 6 atom stereocenters. The van der Waals surface area contributed by atoms with Gasteiger partial charge in [-0.2, -0.15) is 0 Å². The van der Waals surface area contributed by atoms with Gasteiger partial charge in [0, 0.05) is 12.8 Å². The molecule has 1 rings (SSSR count). The minimum Gasteiger partial charge on any atom is -0.462 e. The zero-order valence-corrected chi connectivity index (χ0v) is 29.5. The van der Waals surface area contributed by atoms with E-state index < -0.39 is 49.4 Å². The highest BCUT2D eigenvalue weighted by Crippen LogP contribution is 2.22. The van der Waals surface area contributed by atoms with Crippen molar-refractivity contribution in [1.29, 1.82) is 0 Å². The molecule has 0 spiro atoms.